The van der Waals surface area contributed by atoms with Crippen LogP contribution in [0.4, 0.5) is 0 Å². The van der Waals surface area contributed by atoms with Gasteiger partial charge in [-0.2, -0.15) is 0 Å². The van der Waals surface area contributed by atoms with E-state index < -0.39 is 0 Å². The summed E-state index contributed by atoms with van der Waals surface area (Å²) in [6.07, 6.45) is 33.8. The zero-order chi connectivity index (χ0) is 41.3. The highest BCUT2D eigenvalue weighted by Crippen LogP contribution is 2.68. The molecule has 3 nitrogen and oxygen atoms in total. The van der Waals surface area contributed by atoms with E-state index in [1.165, 1.54) is 121 Å². The maximum Gasteiger partial charge on any atom is 0.159 e. The van der Waals surface area contributed by atoms with Crippen LogP contribution in [0.25, 0.3) is 0 Å². The third-order valence-corrected chi connectivity index (χ3v) is 19.6. The van der Waals surface area contributed by atoms with Crippen LogP contribution in [0, 0.1) is 80.8 Å². The van der Waals surface area contributed by atoms with Gasteiger partial charge in [-0.05, 0) is 190 Å². The molecule has 0 amide bonds. The highest BCUT2D eigenvalue weighted by molar-refractivity contribution is 5.94. The maximum absolute atomic E-state index is 13.3. The lowest BCUT2D eigenvalue weighted by Gasteiger charge is -2.58. The molecule has 12 unspecified atom stereocenters. The molecule has 0 saturated heterocycles. The fourth-order valence-corrected chi connectivity index (χ4v) is 16.1. The molecule has 6 fully saturated rings. The second-order valence-corrected chi connectivity index (χ2v) is 23.3. The molecule has 0 aromatic heterocycles. The molecule has 0 spiro atoms. The second kappa shape index (κ2) is 18.6. The molecule has 0 radical (unpaired) electrons. The number of aliphatic hydroxyl groups is 2. The predicted molar refractivity (Wildman–Crippen MR) is 241 cm³/mol. The standard InChI is InChI=1S/C26H42O2.C26H44O.C2H6/c1-17(2)7-5-6-8-18-9-10-21-24-22(12-14-25(18,21)3)26(4)13-11-20(27)15-19(26)16-23(24)28;1-18(2)7-5-6-8-19-10-12-23-22-11-9-20-17-21(27)13-15-26(20,4)24(22)14-16-25(19,23)3;1-2/h16-18,20-22,24,27H,5-15H2,1-4H3;9,18-19,21-24,27H,5-8,10-17H2,1-4H3;1-2H3/t18?,20?,21?,22-,24?,25?,26?;19?,21?,22?,23?,24-,25?,26?;/m00./s1. The van der Waals surface area contributed by atoms with Crippen molar-refractivity contribution in [2.24, 2.45) is 80.8 Å². The average molecular weight is 789 g/mol. The third kappa shape index (κ3) is 8.89. The molecule has 14 atom stereocenters. The van der Waals surface area contributed by atoms with Gasteiger partial charge < -0.3 is 10.2 Å². The van der Waals surface area contributed by atoms with E-state index in [-0.39, 0.29) is 23.5 Å². The van der Waals surface area contributed by atoms with E-state index >= 15 is 0 Å². The van der Waals surface area contributed by atoms with Crippen LogP contribution >= 0.6 is 0 Å². The largest absolute Gasteiger partial charge is 0.393 e. The maximum atomic E-state index is 13.3. The summed E-state index contributed by atoms with van der Waals surface area (Å²) in [7, 11) is 0. The Morgan fingerprint density at radius 2 is 1.09 bits per heavy atom. The lowest BCUT2D eigenvalue weighted by Crippen LogP contribution is -2.53. The monoisotopic (exact) mass is 789 g/mol. The zero-order valence-electron chi connectivity index (χ0n) is 39.1. The Labute approximate surface area is 352 Å². The van der Waals surface area contributed by atoms with Crippen LogP contribution < -0.4 is 0 Å². The van der Waals surface area contributed by atoms with Gasteiger partial charge in [0.05, 0.1) is 12.2 Å². The van der Waals surface area contributed by atoms with Crippen LogP contribution in [0.15, 0.2) is 23.3 Å². The number of allylic oxidation sites excluding steroid dienone is 2. The highest BCUT2D eigenvalue weighted by atomic mass is 16.3. The van der Waals surface area contributed by atoms with Crippen molar-refractivity contribution < 1.29 is 15.0 Å². The van der Waals surface area contributed by atoms with Crippen LogP contribution in [0.5, 0.6) is 0 Å². The smallest absolute Gasteiger partial charge is 0.159 e. The summed E-state index contributed by atoms with van der Waals surface area (Å²) in [6.45, 7) is 23.6. The van der Waals surface area contributed by atoms with E-state index in [2.05, 4.69) is 61.5 Å². The zero-order valence-corrected chi connectivity index (χ0v) is 39.1. The first kappa shape index (κ1) is 45.6. The molecule has 0 aliphatic heterocycles. The lowest BCUT2D eigenvalue weighted by molar-refractivity contribution is -0.134. The van der Waals surface area contributed by atoms with E-state index in [1.807, 2.05) is 19.9 Å². The normalized spacial score (nSPS) is 44.5. The van der Waals surface area contributed by atoms with Crippen LogP contribution in [0.2, 0.25) is 0 Å². The Hall–Kier alpha value is -0.930. The number of carbonyl (C=O) groups is 1. The van der Waals surface area contributed by atoms with E-state index in [1.54, 1.807) is 5.57 Å². The summed E-state index contributed by atoms with van der Waals surface area (Å²) in [5.74, 6) is 8.05. The van der Waals surface area contributed by atoms with Crippen molar-refractivity contribution in [3.8, 4) is 0 Å². The quantitative estimate of drug-likeness (QED) is 0.171. The topological polar surface area (TPSA) is 57.5 Å². The van der Waals surface area contributed by atoms with Gasteiger partial charge in [0.2, 0.25) is 0 Å². The molecule has 8 rings (SSSR count). The molecular weight excluding hydrogens is 697 g/mol. The summed E-state index contributed by atoms with van der Waals surface area (Å²) in [4.78, 5) is 13.3. The van der Waals surface area contributed by atoms with Crippen molar-refractivity contribution in [2.45, 2.75) is 229 Å². The Kier molecular flexibility index (Phi) is 14.9. The first-order valence-corrected chi connectivity index (χ1v) is 25.4. The number of hydrogen-bond acceptors (Lipinski definition) is 3. The average Bonchev–Trinajstić information content (AvgIpc) is 3.69. The number of hydrogen-bond donors (Lipinski definition) is 2. The Bertz CT molecular complexity index is 1410. The second-order valence-electron chi connectivity index (χ2n) is 23.3. The number of fused-ring (bicyclic) bond motifs is 10. The summed E-state index contributed by atoms with van der Waals surface area (Å²) in [5, 5.41) is 20.3. The molecule has 0 bridgehead atoms. The first-order chi connectivity index (χ1) is 27.1. The molecule has 326 valence electrons. The molecule has 6 saturated carbocycles. The lowest BCUT2D eigenvalue weighted by atomic mass is 9.47. The fourth-order valence-electron chi connectivity index (χ4n) is 16.1. The third-order valence-electron chi connectivity index (χ3n) is 19.6. The number of aliphatic hydroxyl groups excluding tert-OH is 2. The van der Waals surface area contributed by atoms with Crippen LogP contribution in [-0.2, 0) is 4.79 Å². The van der Waals surface area contributed by atoms with E-state index in [0.717, 1.165) is 73.5 Å². The van der Waals surface area contributed by atoms with Gasteiger partial charge in [-0.3, -0.25) is 4.79 Å². The molecule has 0 heterocycles. The van der Waals surface area contributed by atoms with Crippen molar-refractivity contribution in [3.05, 3.63) is 23.3 Å². The van der Waals surface area contributed by atoms with Gasteiger partial charge in [0.1, 0.15) is 0 Å². The van der Waals surface area contributed by atoms with Gasteiger partial charge in [-0.1, -0.05) is 125 Å². The Morgan fingerprint density at radius 1 is 0.596 bits per heavy atom. The minimum absolute atomic E-state index is 0.0727. The van der Waals surface area contributed by atoms with E-state index in [4.69, 9.17) is 0 Å². The summed E-state index contributed by atoms with van der Waals surface area (Å²) >= 11 is 0. The number of unbranched alkanes of at least 4 members (excludes halogenated alkanes) is 2. The minimum atomic E-state index is -0.237. The van der Waals surface area contributed by atoms with Crippen LogP contribution in [-0.4, -0.2) is 28.2 Å². The summed E-state index contributed by atoms with van der Waals surface area (Å²) in [5.41, 5.74) is 4.45. The Balaban J connectivity index is 0.000000185. The van der Waals surface area contributed by atoms with Gasteiger partial charge in [0.15, 0.2) is 5.78 Å². The van der Waals surface area contributed by atoms with E-state index in [9.17, 15) is 15.0 Å². The van der Waals surface area contributed by atoms with E-state index in [0.29, 0.717) is 33.9 Å². The van der Waals surface area contributed by atoms with Gasteiger partial charge in [0, 0.05) is 5.92 Å². The highest BCUT2D eigenvalue weighted by Gasteiger charge is 2.61. The number of ketones is 1. The molecule has 0 aromatic carbocycles. The van der Waals surface area contributed by atoms with Gasteiger partial charge >= 0.3 is 0 Å². The SMILES string of the molecule is CC.CC(C)CCCCC1CCC2C3C(=O)C=C4CC(O)CCC4(C)[C@H]3CCC12C.CC(C)CCCCC1CCC2C3CC=C4CC(O)CCC4(C)[C@H]3CCC12C. The molecule has 3 heteroatoms. The molecule has 0 aromatic rings. The van der Waals surface area contributed by atoms with Crippen LogP contribution in [0.1, 0.15) is 217 Å². The van der Waals surface area contributed by atoms with Crippen molar-refractivity contribution in [3.63, 3.8) is 0 Å². The van der Waals surface area contributed by atoms with Crippen LogP contribution in [0.3, 0.4) is 0 Å². The molecule has 57 heavy (non-hydrogen) atoms. The number of carbonyl (C=O) groups excluding carboxylic acids is 1. The molecule has 2 N–H and O–H groups in total. The molecular formula is C54H92O3. The van der Waals surface area contributed by atoms with Crippen molar-refractivity contribution in [2.75, 3.05) is 0 Å². The van der Waals surface area contributed by atoms with Crippen molar-refractivity contribution in [1.82, 2.24) is 0 Å². The Morgan fingerprint density at radius 3 is 1.65 bits per heavy atom. The van der Waals surface area contributed by atoms with Gasteiger partial charge in [0.25, 0.3) is 0 Å². The first-order valence-electron chi connectivity index (χ1n) is 25.4. The van der Waals surface area contributed by atoms with Gasteiger partial charge in [-0.25, -0.2) is 0 Å². The summed E-state index contributed by atoms with van der Waals surface area (Å²) < 4.78 is 0. The van der Waals surface area contributed by atoms with Crippen molar-refractivity contribution >= 4 is 5.78 Å². The molecule has 8 aliphatic carbocycles. The number of rotatable bonds is 10. The van der Waals surface area contributed by atoms with Crippen molar-refractivity contribution in [1.29, 1.82) is 0 Å². The summed E-state index contributed by atoms with van der Waals surface area (Å²) in [6, 6.07) is 0. The minimum Gasteiger partial charge on any atom is -0.393 e. The fraction of sp³-hybridized carbons (Fsp3) is 0.907. The van der Waals surface area contributed by atoms with Gasteiger partial charge in [-0.15, -0.1) is 0 Å². The predicted octanol–water partition coefficient (Wildman–Crippen LogP) is 14.5. The molecule has 8 aliphatic rings.